The molecule has 1 fully saturated rings. The van der Waals surface area contributed by atoms with Crippen LogP contribution in [-0.2, 0) is 14.8 Å². The highest BCUT2D eigenvalue weighted by atomic mass is 32.2. The topological polar surface area (TPSA) is 58.6 Å². The molecule has 1 aliphatic heterocycles. The van der Waals surface area contributed by atoms with Gasteiger partial charge in [-0.3, -0.25) is 4.90 Å². The normalized spacial score (nSPS) is 17.4. The Balaban J connectivity index is 1.69. The highest BCUT2D eigenvalue weighted by Gasteiger charge is 2.23. The Morgan fingerprint density at radius 3 is 2.27 bits per heavy atom. The van der Waals surface area contributed by atoms with Crippen LogP contribution in [0.2, 0.25) is 0 Å². The minimum Gasteiger partial charge on any atom is -0.379 e. The molecule has 2 aromatic carbocycles. The lowest BCUT2D eigenvalue weighted by molar-refractivity contribution is 0.0172. The molecule has 3 rings (SSSR count). The molecule has 138 valence electrons. The highest BCUT2D eigenvalue weighted by Crippen LogP contribution is 2.21. The quantitative estimate of drug-likeness (QED) is 0.812. The second-order valence-electron chi connectivity index (χ2n) is 6.18. The lowest BCUT2D eigenvalue weighted by Crippen LogP contribution is -2.43. The molecular formula is C20H24N2O3S. The maximum absolute atomic E-state index is 12.4. The average Bonchev–Trinajstić information content (AvgIpc) is 2.69. The Hall–Kier alpha value is -1.99. The average molecular weight is 372 g/mol. The highest BCUT2D eigenvalue weighted by molar-refractivity contribution is 7.92. The molecule has 5 nitrogen and oxygen atoms in total. The Bertz CT molecular complexity index is 801. The number of hydrogen-bond acceptors (Lipinski definition) is 4. The van der Waals surface area contributed by atoms with Gasteiger partial charge in [-0.15, -0.1) is 0 Å². The summed E-state index contributed by atoms with van der Waals surface area (Å²) >= 11 is 0. The molecule has 0 aliphatic carbocycles. The van der Waals surface area contributed by atoms with Gasteiger partial charge in [0.1, 0.15) is 0 Å². The summed E-state index contributed by atoms with van der Waals surface area (Å²) in [6.45, 7) is 3.25. The van der Waals surface area contributed by atoms with E-state index in [1.165, 1.54) is 5.41 Å². The summed E-state index contributed by atoms with van der Waals surface area (Å²) in [5.41, 5.74) is 1.95. The van der Waals surface area contributed by atoms with Gasteiger partial charge in [0.05, 0.1) is 13.2 Å². The maximum Gasteiger partial charge on any atom is 0.233 e. The van der Waals surface area contributed by atoms with E-state index < -0.39 is 10.0 Å². The SMILES string of the molecule is O=S(=O)(/C=C/c1ccccc1)NCC(c1ccccc1)N1CCOCC1. The molecule has 1 N–H and O–H groups in total. The molecular weight excluding hydrogens is 348 g/mol. The third-order valence-electron chi connectivity index (χ3n) is 4.39. The smallest absolute Gasteiger partial charge is 0.233 e. The first kappa shape index (κ1) is 18.8. The third-order valence-corrected chi connectivity index (χ3v) is 5.45. The molecule has 0 bridgehead atoms. The van der Waals surface area contributed by atoms with E-state index in [9.17, 15) is 8.42 Å². The zero-order chi connectivity index (χ0) is 18.2. The van der Waals surface area contributed by atoms with Crippen LogP contribution in [0.5, 0.6) is 0 Å². The number of rotatable bonds is 7. The standard InChI is InChI=1S/C20H24N2O3S/c23-26(24,16-11-18-7-3-1-4-8-18)21-17-20(19-9-5-2-6-10-19)22-12-14-25-15-13-22/h1-11,16,20-21H,12-15,17H2/b16-11+. The Morgan fingerprint density at radius 2 is 1.62 bits per heavy atom. The molecule has 1 saturated heterocycles. The number of benzene rings is 2. The van der Waals surface area contributed by atoms with Gasteiger partial charge < -0.3 is 4.74 Å². The second-order valence-corrected chi connectivity index (χ2v) is 7.83. The van der Waals surface area contributed by atoms with Crippen molar-refractivity contribution in [1.29, 1.82) is 0 Å². The molecule has 0 saturated carbocycles. The number of ether oxygens (including phenoxy) is 1. The molecule has 2 aromatic rings. The van der Waals surface area contributed by atoms with Crippen LogP contribution in [0.15, 0.2) is 66.1 Å². The molecule has 0 radical (unpaired) electrons. The Labute approximate surface area is 155 Å². The van der Waals surface area contributed by atoms with E-state index in [1.807, 2.05) is 60.7 Å². The number of nitrogens with zero attached hydrogens (tertiary/aromatic N) is 1. The van der Waals surface area contributed by atoms with Gasteiger partial charge >= 0.3 is 0 Å². The number of morpholine rings is 1. The Morgan fingerprint density at radius 1 is 1.00 bits per heavy atom. The van der Waals surface area contributed by atoms with Crippen LogP contribution in [-0.4, -0.2) is 46.2 Å². The van der Waals surface area contributed by atoms with Crippen LogP contribution in [0, 0.1) is 0 Å². The van der Waals surface area contributed by atoms with Crippen molar-refractivity contribution in [3.05, 3.63) is 77.2 Å². The number of hydrogen-bond donors (Lipinski definition) is 1. The van der Waals surface area contributed by atoms with Crippen molar-refractivity contribution in [3.63, 3.8) is 0 Å². The van der Waals surface area contributed by atoms with Crippen LogP contribution < -0.4 is 4.72 Å². The predicted molar refractivity (Wildman–Crippen MR) is 104 cm³/mol. The summed E-state index contributed by atoms with van der Waals surface area (Å²) in [6, 6.07) is 19.4. The first-order valence-corrected chi connectivity index (χ1v) is 10.3. The molecule has 0 amide bonds. The molecule has 26 heavy (non-hydrogen) atoms. The summed E-state index contributed by atoms with van der Waals surface area (Å²) in [7, 11) is -3.51. The first-order valence-electron chi connectivity index (χ1n) is 8.74. The fraction of sp³-hybridized carbons (Fsp3) is 0.300. The van der Waals surface area contributed by atoms with E-state index in [1.54, 1.807) is 6.08 Å². The van der Waals surface area contributed by atoms with Gasteiger partial charge in [-0.25, -0.2) is 13.1 Å². The summed E-state index contributed by atoms with van der Waals surface area (Å²) < 4.78 is 32.9. The summed E-state index contributed by atoms with van der Waals surface area (Å²) in [4.78, 5) is 2.27. The summed E-state index contributed by atoms with van der Waals surface area (Å²) in [5, 5.41) is 1.23. The van der Waals surface area contributed by atoms with Crippen LogP contribution in [0.4, 0.5) is 0 Å². The third kappa shape index (κ3) is 5.51. The zero-order valence-corrected chi connectivity index (χ0v) is 15.4. The van der Waals surface area contributed by atoms with Crippen LogP contribution >= 0.6 is 0 Å². The molecule has 1 aliphatic rings. The van der Waals surface area contributed by atoms with Gasteiger partial charge in [0, 0.05) is 31.1 Å². The van der Waals surface area contributed by atoms with Gasteiger partial charge in [0.2, 0.25) is 10.0 Å². The molecule has 1 unspecified atom stereocenters. The van der Waals surface area contributed by atoms with Crippen molar-refractivity contribution in [2.75, 3.05) is 32.8 Å². The van der Waals surface area contributed by atoms with Gasteiger partial charge in [0.25, 0.3) is 0 Å². The summed E-state index contributed by atoms with van der Waals surface area (Å²) in [6.07, 6.45) is 1.61. The minimum atomic E-state index is -3.51. The lowest BCUT2D eigenvalue weighted by Gasteiger charge is -2.34. The fourth-order valence-electron chi connectivity index (χ4n) is 3.00. The predicted octanol–water partition coefficient (Wildman–Crippen LogP) is 2.65. The van der Waals surface area contributed by atoms with E-state index in [4.69, 9.17) is 4.74 Å². The van der Waals surface area contributed by atoms with Crippen molar-refractivity contribution in [1.82, 2.24) is 9.62 Å². The van der Waals surface area contributed by atoms with E-state index in [2.05, 4.69) is 9.62 Å². The van der Waals surface area contributed by atoms with Crippen LogP contribution in [0.25, 0.3) is 6.08 Å². The molecule has 1 atom stereocenters. The molecule has 0 aromatic heterocycles. The largest absolute Gasteiger partial charge is 0.379 e. The van der Waals surface area contributed by atoms with E-state index in [0.717, 1.165) is 24.2 Å². The zero-order valence-electron chi connectivity index (χ0n) is 14.6. The van der Waals surface area contributed by atoms with Crippen LogP contribution in [0.1, 0.15) is 17.2 Å². The maximum atomic E-state index is 12.4. The number of sulfonamides is 1. The first-order chi connectivity index (χ1) is 12.6. The van der Waals surface area contributed by atoms with Gasteiger partial charge in [0.15, 0.2) is 0 Å². The van der Waals surface area contributed by atoms with Gasteiger partial charge in [-0.2, -0.15) is 0 Å². The van der Waals surface area contributed by atoms with Gasteiger partial charge in [-0.1, -0.05) is 60.7 Å². The Kier molecular flexibility index (Phi) is 6.57. The van der Waals surface area contributed by atoms with E-state index in [-0.39, 0.29) is 6.04 Å². The minimum absolute atomic E-state index is 0.0139. The van der Waals surface area contributed by atoms with E-state index in [0.29, 0.717) is 19.8 Å². The van der Waals surface area contributed by atoms with Crippen molar-refractivity contribution in [2.24, 2.45) is 0 Å². The summed E-state index contributed by atoms with van der Waals surface area (Å²) in [5.74, 6) is 0. The molecule has 0 spiro atoms. The van der Waals surface area contributed by atoms with Crippen molar-refractivity contribution < 1.29 is 13.2 Å². The number of nitrogens with one attached hydrogen (secondary N) is 1. The second kappa shape index (κ2) is 9.09. The van der Waals surface area contributed by atoms with E-state index >= 15 is 0 Å². The van der Waals surface area contributed by atoms with Crippen molar-refractivity contribution in [3.8, 4) is 0 Å². The van der Waals surface area contributed by atoms with Crippen molar-refractivity contribution in [2.45, 2.75) is 6.04 Å². The lowest BCUT2D eigenvalue weighted by atomic mass is 10.1. The van der Waals surface area contributed by atoms with Crippen molar-refractivity contribution >= 4 is 16.1 Å². The molecule has 1 heterocycles. The molecule has 6 heteroatoms. The monoisotopic (exact) mass is 372 g/mol. The van der Waals surface area contributed by atoms with Crippen LogP contribution in [0.3, 0.4) is 0 Å². The fourth-order valence-corrected chi connectivity index (χ4v) is 3.82. The van der Waals surface area contributed by atoms with Gasteiger partial charge in [-0.05, 0) is 17.2 Å².